The number of methoxy groups -OCH3 is 1. The van der Waals surface area contributed by atoms with Gasteiger partial charge in [-0.25, -0.2) is 0 Å². The molecule has 0 saturated carbocycles. The van der Waals surface area contributed by atoms with Gasteiger partial charge in [-0.2, -0.15) is 0 Å². The fourth-order valence-electron chi connectivity index (χ4n) is 0.316. The van der Waals surface area contributed by atoms with E-state index in [4.69, 9.17) is 15.2 Å². The van der Waals surface area contributed by atoms with Crippen molar-refractivity contribution < 1.29 is 9.47 Å². The molecule has 3 nitrogen and oxygen atoms in total. The fraction of sp³-hybridized carbons (Fsp3) is 1.00. The summed E-state index contributed by atoms with van der Waals surface area (Å²) in [6.45, 7) is 2.09. The molecule has 1 N–H and O–H groups in total. The van der Waals surface area contributed by atoms with E-state index >= 15 is 0 Å². The van der Waals surface area contributed by atoms with Crippen molar-refractivity contribution in [1.82, 2.24) is 5.73 Å². The van der Waals surface area contributed by atoms with E-state index in [1.165, 1.54) is 0 Å². The van der Waals surface area contributed by atoms with Crippen molar-refractivity contribution in [2.24, 2.45) is 0 Å². The van der Waals surface area contributed by atoms with Gasteiger partial charge in [0.25, 0.3) is 0 Å². The van der Waals surface area contributed by atoms with Gasteiger partial charge in [0.1, 0.15) is 0 Å². The molecule has 0 unspecified atom stereocenters. The highest BCUT2D eigenvalue weighted by molar-refractivity contribution is 4.29. The highest BCUT2D eigenvalue weighted by Gasteiger charge is 1.82. The summed E-state index contributed by atoms with van der Waals surface area (Å²) < 4.78 is 9.61. The van der Waals surface area contributed by atoms with Crippen LogP contribution in [0, 0.1) is 0 Å². The van der Waals surface area contributed by atoms with Crippen LogP contribution in [-0.4, -0.2) is 33.5 Å². The van der Waals surface area contributed by atoms with Crippen molar-refractivity contribution in [2.75, 3.05) is 33.5 Å². The second kappa shape index (κ2) is 6.88. The smallest absolute Gasteiger partial charge is 0.0700 e. The topological polar surface area (TPSA) is 42.3 Å². The van der Waals surface area contributed by atoms with Crippen LogP contribution in [0.2, 0.25) is 0 Å². The number of ether oxygens (including phenoxy) is 2. The minimum absolute atomic E-state index is 0.337. The Bertz CT molecular complexity index is 35.4. The van der Waals surface area contributed by atoms with Crippen molar-refractivity contribution in [3.05, 3.63) is 0 Å². The summed E-state index contributed by atoms with van der Waals surface area (Å²) in [5.41, 5.74) is 6.67. The predicted octanol–water partition coefficient (Wildman–Crippen LogP) is -0.0677. The third kappa shape index (κ3) is 5.88. The second-order valence-corrected chi connectivity index (χ2v) is 1.36. The Labute approximate surface area is 49.8 Å². The van der Waals surface area contributed by atoms with E-state index in [2.05, 4.69) is 0 Å². The summed E-state index contributed by atoms with van der Waals surface area (Å²) in [4.78, 5) is 0. The maximum absolute atomic E-state index is 6.67. The zero-order chi connectivity index (χ0) is 6.24. The van der Waals surface area contributed by atoms with Crippen LogP contribution in [-0.2, 0) is 9.47 Å². The highest BCUT2D eigenvalue weighted by atomic mass is 16.5. The highest BCUT2D eigenvalue weighted by Crippen LogP contribution is 1.72. The Balaban J connectivity index is 2.53. The van der Waals surface area contributed by atoms with Crippen LogP contribution >= 0.6 is 0 Å². The first-order valence-electron chi connectivity index (χ1n) is 2.63. The Morgan fingerprint density at radius 1 is 1.25 bits per heavy atom. The summed E-state index contributed by atoms with van der Waals surface area (Å²) in [7, 11) is 1.63. The maximum atomic E-state index is 6.67. The molecular weight excluding hydrogens is 106 g/mol. The van der Waals surface area contributed by atoms with Crippen molar-refractivity contribution >= 4 is 0 Å². The lowest BCUT2D eigenvalue weighted by Crippen LogP contribution is -2.05. The molecule has 0 aromatic carbocycles. The summed E-state index contributed by atoms with van der Waals surface area (Å²) in [5.74, 6) is 0. The lowest BCUT2D eigenvalue weighted by molar-refractivity contribution is 0.0742. The molecule has 0 heterocycles. The molecule has 0 aliphatic heterocycles. The van der Waals surface area contributed by atoms with Gasteiger partial charge in [-0.05, 0) is 0 Å². The number of rotatable bonds is 5. The second-order valence-electron chi connectivity index (χ2n) is 1.36. The molecular formula is C5H12NO2. The van der Waals surface area contributed by atoms with E-state index in [9.17, 15) is 0 Å². The molecule has 0 aromatic rings. The first kappa shape index (κ1) is 7.88. The Morgan fingerprint density at radius 3 is 2.50 bits per heavy atom. The minimum atomic E-state index is 0.337. The van der Waals surface area contributed by atoms with Gasteiger partial charge in [0.05, 0.1) is 19.8 Å². The zero-order valence-electron chi connectivity index (χ0n) is 5.14. The van der Waals surface area contributed by atoms with Gasteiger partial charge < -0.3 is 9.47 Å². The molecule has 0 saturated heterocycles. The normalized spacial score (nSPS) is 9.75. The SMILES string of the molecule is COCCOCC[NH]. The minimum Gasteiger partial charge on any atom is -0.382 e. The summed E-state index contributed by atoms with van der Waals surface area (Å²) in [5, 5.41) is 0. The molecule has 1 radical (unpaired) electrons. The molecule has 0 fully saturated rings. The van der Waals surface area contributed by atoms with E-state index in [-0.39, 0.29) is 0 Å². The van der Waals surface area contributed by atoms with Gasteiger partial charge in [0.15, 0.2) is 0 Å². The van der Waals surface area contributed by atoms with Crippen LogP contribution in [0.1, 0.15) is 0 Å². The van der Waals surface area contributed by atoms with Crippen molar-refractivity contribution in [3.63, 3.8) is 0 Å². The Morgan fingerprint density at radius 2 is 2.00 bits per heavy atom. The van der Waals surface area contributed by atoms with Crippen molar-refractivity contribution in [3.8, 4) is 0 Å². The van der Waals surface area contributed by atoms with Crippen LogP contribution in [0.15, 0.2) is 0 Å². The lowest BCUT2D eigenvalue weighted by atomic mass is 10.7. The molecule has 0 aliphatic carbocycles. The van der Waals surface area contributed by atoms with E-state index in [0.717, 1.165) is 0 Å². The molecule has 0 atom stereocenters. The molecule has 3 heteroatoms. The van der Waals surface area contributed by atoms with Gasteiger partial charge in [-0.1, -0.05) is 0 Å². The van der Waals surface area contributed by atoms with Crippen LogP contribution < -0.4 is 5.73 Å². The van der Waals surface area contributed by atoms with E-state index in [0.29, 0.717) is 26.4 Å². The van der Waals surface area contributed by atoms with Crippen LogP contribution in [0.5, 0.6) is 0 Å². The van der Waals surface area contributed by atoms with Crippen molar-refractivity contribution in [2.45, 2.75) is 0 Å². The predicted molar refractivity (Wildman–Crippen MR) is 30.7 cm³/mol. The van der Waals surface area contributed by atoms with E-state index in [1.54, 1.807) is 7.11 Å². The number of nitrogens with one attached hydrogen (secondary N) is 1. The van der Waals surface area contributed by atoms with Gasteiger partial charge in [0.2, 0.25) is 0 Å². The summed E-state index contributed by atoms with van der Waals surface area (Å²) >= 11 is 0. The largest absolute Gasteiger partial charge is 0.382 e. The third-order valence-electron chi connectivity index (χ3n) is 0.678. The molecule has 0 rings (SSSR count). The average molecular weight is 118 g/mol. The Hall–Kier alpha value is -0.120. The fourth-order valence-corrected chi connectivity index (χ4v) is 0.316. The van der Waals surface area contributed by atoms with E-state index in [1.807, 2.05) is 0 Å². The first-order valence-corrected chi connectivity index (χ1v) is 2.63. The average Bonchev–Trinajstić information content (AvgIpc) is 1.81. The standard InChI is InChI=1S/C5H12NO2/c1-7-4-5-8-3-2-6/h6H,2-5H2,1H3. The van der Waals surface area contributed by atoms with Crippen LogP contribution in [0.25, 0.3) is 0 Å². The molecule has 0 bridgehead atoms. The summed E-state index contributed by atoms with van der Waals surface area (Å²) in [6, 6.07) is 0. The van der Waals surface area contributed by atoms with Crippen molar-refractivity contribution in [1.29, 1.82) is 0 Å². The van der Waals surface area contributed by atoms with Gasteiger partial charge in [-0.3, -0.25) is 5.73 Å². The molecule has 0 aromatic heterocycles. The zero-order valence-corrected chi connectivity index (χ0v) is 5.14. The third-order valence-corrected chi connectivity index (χ3v) is 0.678. The number of hydrogen-bond donors (Lipinski definition) is 0. The lowest BCUT2D eigenvalue weighted by Gasteiger charge is -1.98. The molecule has 8 heavy (non-hydrogen) atoms. The van der Waals surface area contributed by atoms with E-state index < -0.39 is 0 Å². The summed E-state index contributed by atoms with van der Waals surface area (Å²) in [6.07, 6.45) is 0. The van der Waals surface area contributed by atoms with Gasteiger partial charge >= 0.3 is 0 Å². The van der Waals surface area contributed by atoms with Crippen LogP contribution in [0.4, 0.5) is 0 Å². The van der Waals surface area contributed by atoms with Crippen LogP contribution in [0.3, 0.4) is 0 Å². The van der Waals surface area contributed by atoms with Gasteiger partial charge in [-0.15, -0.1) is 0 Å². The molecule has 49 valence electrons. The molecule has 0 amide bonds. The number of hydrogen-bond acceptors (Lipinski definition) is 2. The van der Waals surface area contributed by atoms with Gasteiger partial charge in [0, 0.05) is 13.7 Å². The maximum Gasteiger partial charge on any atom is 0.0700 e. The molecule has 0 aliphatic rings. The molecule has 0 spiro atoms. The first-order chi connectivity index (χ1) is 3.91. The Kier molecular flexibility index (Phi) is 6.78. The monoisotopic (exact) mass is 118 g/mol. The quantitative estimate of drug-likeness (QED) is 0.474.